The summed E-state index contributed by atoms with van der Waals surface area (Å²) in [5.41, 5.74) is 2.55. The number of piperidine rings is 1. The van der Waals surface area contributed by atoms with Crippen molar-refractivity contribution in [2.75, 3.05) is 20.1 Å². The number of benzene rings is 1. The number of alkyl halides is 2. The Hall–Kier alpha value is -4.04. The lowest BCUT2D eigenvalue weighted by Crippen LogP contribution is -2.50. The highest BCUT2D eigenvalue weighted by Crippen LogP contribution is 2.29. The van der Waals surface area contributed by atoms with E-state index < -0.39 is 41.9 Å². The molecule has 1 aliphatic carbocycles. The Morgan fingerprint density at radius 1 is 1.19 bits per heavy atom. The van der Waals surface area contributed by atoms with Gasteiger partial charge in [0.1, 0.15) is 12.4 Å². The van der Waals surface area contributed by atoms with E-state index in [-0.39, 0.29) is 38.1 Å². The van der Waals surface area contributed by atoms with Gasteiger partial charge in [0.25, 0.3) is 12.0 Å². The van der Waals surface area contributed by atoms with E-state index in [9.17, 15) is 27.9 Å². The number of imidazole rings is 1. The van der Waals surface area contributed by atoms with Gasteiger partial charge in [-0.25, -0.2) is 18.3 Å². The van der Waals surface area contributed by atoms with Crippen molar-refractivity contribution in [1.29, 1.82) is 0 Å². The van der Waals surface area contributed by atoms with E-state index >= 15 is 0 Å². The first-order valence-electron chi connectivity index (χ1n) is 13.9. The van der Waals surface area contributed by atoms with Crippen LogP contribution < -0.4 is 10.9 Å². The number of nitrogens with zero attached hydrogens (tertiary/aromatic N) is 7. The number of likely N-dealkylation sites (tertiary alicyclic amines) is 1. The van der Waals surface area contributed by atoms with Gasteiger partial charge >= 0.3 is 0 Å². The van der Waals surface area contributed by atoms with Crippen LogP contribution in [0.2, 0.25) is 0 Å². The molecule has 0 bridgehead atoms. The van der Waals surface area contributed by atoms with Crippen molar-refractivity contribution in [2.45, 2.75) is 62.8 Å². The summed E-state index contributed by atoms with van der Waals surface area (Å²) in [5.74, 6) is -1.45. The maximum Gasteiger partial charge on any atom is 0.296 e. The number of hydrogen-bond acceptors (Lipinski definition) is 7. The summed E-state index contributed by atoms with van der Waals surface area (Å²) in [4.78, 5) is 31.8. The summed E-state index contributed by atoms with van der Waals surface area (Å²) in [7, 11) is 1.95. The molecule has 2 N–H and O–H groups in total. The summed E-state index contributed by atoms with van der Waals surface area (Å²) >= 11 is 0. The van der Waals surface area contributed by atoms with E-state index in [1.165, 1.54) is 31.4 Å². The minimum Gasteiger partial charge on any atom is -0.388 e. The molecule has 2 unspecified atom stereocenters. The molecule has 1 aromatic carbocycles. The predicted molar refractivity (Wildman–Crippen MR) is 146 cm³/mol. The molecule has 14 heteroatoms. The highest BCUT2D eigenvalue weighted by molar-refractivity contribution is 5.76. The normalized spacial score (nSPS) is 19.0. The smallest absolute Gasteiger partial charge is 0.296 e. The molecule has 1 saturated heterocycles. The van der Waals surface area contributed by atoms with Gasteiger partial charge in [-0.15, -0.1) is 5.10 Å². The molecule has 4 heterocycles. The number of likely N-dealkylation sites (N-methyl/N-ethyl adjacent to an activating group) is 1. The molecule has 1 fully saturated rings. The molecule has 4 aromatic rings. The Bertz CT molecular complexity index is 1670. The highest BCUT2D eigenvalue weighted by atomic mass is 19.3. The summed E-state index contributed by atoms with van der Waals surface area (Å²) in [5, 5.41) is 22.4. The molecule has 2 atom stereocenters. The largest absolute Gasteiger partial charge is 0.388 e. The standard InChI is InChI=1S/C28H31F3N8O3/c1-32-20-11-17-2-3-18(10-19(17)12-20)22-14-33-26-27(41)37(16-34-39(22)26)15-28(42)5-8-36(9-6-28)24(40)13-21(25(30)31)38-7-4-23(29)35-38/h2-4,7,10,14,16,20-21,25,32,42H,5-6,8-9,11-13,15H2,1H3. The van der Waals surface area contributed by atoms with Crippen molar-refractivity contribution >= 4 is 11.6 Å². The third-order valence-corrected chi connectivity index (χ3v) is 8.44. The molecule has 6 rings (SSSR count). The van der Waals surface area contributed by atoms with Crippen LogP contribution in [0.5, 0.6) is 0 Å². The summed E-state index contributed by atoms with van der Waals surface area (Å²) < 4.78 is 43.9. The molecule has 222 valence electrons. The van der Waals surface area contributed by atoms with Crippen molar-refractivity contribution in [3.63, 3.8) is 0 Å². The first kappa shape index (κ1) is 28.1. The maximum absolute atomic E-state index is 13.6. The van der Waals surface area contributed by atoms with Crippen LogP contribution in [0.4, 0.5) is 13.2 Å². The number of fused-ring (bicyclic) bond motifs is 2. The van der Waals surface area contributed by atoms with E-state index in [2.05, 4.69) is 32.6 Å². The first-order chi connectivity index (χ1) is 20.1. The Morgan fingerprint density at radius 2 is 1.95 bits per heavy atom. The predicted octanol–water partition coefficient (Wildman–Crippen LogP) is 1.83. The van der Waals surface area contributed by atoms with Gasteiger partial charge in [-0.2, -0.15) is 9.49 Å². The zero-order valence-corrected chi connectivity index (χ0v) is 23.0. The van der Waals surface area contributed by atoms with E-state index in [0.29, 0.717) is 11.7 Å². The van der Waals surface area contributed by atoms with Crippen LogP contribution in [0, 0.1) is 5.95 Å². The number of aromatic nitrogens is 6. The fourth-order valence-corrected chi connectivity index (χ4v) is 5.95. The van der Waals surface area contributed by atoms with Crippen molar-refractivity contribution in [2.24, 2.45) is 0 Å². The Labute approximate surface area is 238 Å². The van der Waals surface area contributed by atoms with Crippen LogP contribution in [0.3, 0.4) is 0 Å². The van der Waals surface area contributed by atoms with Crippen LogP contribution in [0.15, 0.2) is 47.8 Å². The van der Waals surface area contributed by atoms with Crippen LogP contribution >= 0.6 is 0 Å². The van der Waals surface area contributed by atoms with Gasteiger partial charge < -0.3 is 15.3 Å². The van der Waals surface area contributed by atoms with Gasteiger partial charge in [0, 0.05) is 37.0 Å². The summed E-state index contributed by atoms with van der Waals surface area (Å²) in [6, 6.07) is 5.97. The van der Waals surface area contributed by atoms with Gasteiger partial charge in [0.15, 0.2) is 0 Å². The van der Waals surface area contributed by atoms with Gasteiger partial charge in [0.2, 0.25) is 17.5 Å². The summed E-state index contributed by atoms with van der Waals surface area (Å²) in [6.45, 7) is 0.170. The molecule has 1 aliphatic heterocycles. The van der Waals surface area contributed by atoms with Crippen LogP contribution in [-0.2, 0) is 24.2 Å². The highest BCUT2D eigenvalue weighted by Gasteiger charge is 2.36. The van der Waals surface area contributed by atoms with Gasteiger partial charge in [-0.3, -0.25) is 18.8 Å². The number of aliphatic hydroxyl groups is 1. The molecule has 1 amide bonds. The number of carbonyl (C=O) groups excluding carboxylic acids is 1. The Kier molecular flexibility index (Phi) is 7.35. The number of carbonyl (C=O) groups is 1. The van der Waals surface area contributed by atoms with E-state index in [4.69, 9.17) is 0 Å². The number of nitrogens with one attached hydrogen (secondary N) is 1. The van der Waals surface area contributed by atoms with Gasteiger partial charge in [0.05, 0.1) is 30.5 Å². The fraction of sp³-hybridized carbons (Fsp3) is 0.464. The van der Waals surface area contributed by atoms with E-state index in [1.54, 1.807) is 6.20 Å². The quantitative estimate of drug-likeness (QED) is 0.324. The van der Waals surface area contributed by atoms with E-state index in [1.807, 2.05) is 13.1 Å². The molecular weight excluding hydrogens is 553 g/mol. The third kappa shape index (κ3) is 5.31. The van der Waals surface area contributed by atoms with Crippen molar-refractivity contribution < 1.29 is 23.1 Å². The molecule has 42 heavy (non-hydrogen) atoms. The minimum atomic E-state index is -2.92. The number of hydrogen-bond donors (Lipinski definition) is 2. The molecule has 0 spiro atoms. The number of amides is 1. The van der Waals surface area contributed by atoms with E-state index in [0.717, 1.165) is 35.4 Å². The van der Waals surface area contributed by atoms with Gasteiger partial charge in [-0.1, -0.05) is 12.1 Å². The van der Waals surface area contributed by atoms with Crippen molar-refractivity contribution in [3.05, 3.63) is 70.4 Å². The molecule has 0 saturated carbocycles. The zero-order valence-electron chi connectivity index (χ0n) is 23.0. The lowest BCUT2D eigenvalue weighted by Gasteiger charge is -2.38. The third-order valence-electron chi connectivity index (χ3n) is 8.44. The summed E-state index contributed by atoms with van der Waals surface area (Å²) in [6.07, 6.45) is 2.75. The number of halogens is 3. The second-order valence-electron chi connectivity index (χ2n) is 11.1. The fourth-order valence-electron chi connectivity index (χ4n) is 5.95. The first-order valence-corrected chi connectivity index (χ1v) is 13.9. The minimum absolute atomic E-state index is 0.0595. The SMILES string of the molecule is CNC1Cc2ccc(-c3cnc4c(=O)n(CC5(O)CCN(C(=O)CC(C(F)F)n6ccc(F)n6)CC5)cnn34)cc2C1. The lowest BCUT2D eigenvalue weighted by molar-refractivity contribution is -0.138. The molecule has 3 aromatic heterocycles. The van der Waals surface area contributed by atoms with Crippen molar-refractivity contribution in [1.82, 2.24) is 39.2 Å². The lowest BCUT2D eigenvalue weighted by atomic mass is 9.91. The average molecular weight is 585 g/mol. The monoisotopic (exact) mass is 584 g/mol. The van der Waals surface area contributed by atoms with Crippen LogP contribution in [-0.4, -0.2) is 83.1 Å². The van der Waals surface area contributed by atoms with Crippen LogP contribution in [0.25, 0.3) is 16.9 Å². The second kappa shape index (κ2) is 11.0. The molecular formula is C28H31F3N8O3. The number of rotatable bonds is 8. The molecule has 0 radical (unpaired) electrons. The molecule has 11 nitrogen and oxygen atoms in total. The van der Waals surface area contributed by atoms with Gasteiger partial charge in [-0.05, 0) is 49.9 Å². The topological polar surface area (TPSA) is 123 Å². The zero-order chi connectivity index (χ0) is 29.6. The average Bonchev–Trinajstić information content (AvgIpc) is 3.71. The van der Waals surface area contributed by atoms with Crippen molar-refractivity contribution in [3.8, 4) is 11.3 Å². The molecule has 2 aliphatic rings. The Morgan fingerprint density at radius 3 is 2.64 bits per heavy atom. The Balaban J connectivity index is 1.13. The maximum atomic E-state index is 13.6. The van der Waals surface area contributed by atoms with Crippen LogP contribution in [0.1, 0.15) is 36.4 Å². The second-order valence-corrected chi connectivity index (χ2v) is 11.1.